The molecule has 0 aliphatic rings. The Bertz CT molecular complexity index is 760. The van der Waals surface area contributed by atoms with Crippen LogP contribution in [0.25, 0.3) is 16.4 Å². The summed E-state index contributed by atoms with van der Waals surface area (Å²) in [6.45, 7) is 0. The fourth-order valence-corrected chi connectivity index (χ4v) is 2.03. The van der Waals surface area contributed by atoms with Crippen molar-refractivity contribution in [2.24, 2.45) is 0 Å². The summed E-state index contributed by atoms with van der Waals surface area (Å²) in [4.78, 5) is 14.3. The van der Waals surface area contributed by atoms with Gasteiger partial charge in [-0.1, -0.05) is 23.2 Å². The number of hydrogen-bond donors (Lipinski definition) is 1. The lowest BCUT2D eigenvalue weighted by Gasteiger charge is -2.02. The van der Waals surface area contributed by atoms with E-state index >= 15 is 0 Å². The summed E-state index contributed by atoms with van der Waals surface area (Å²) in [5.41, 5.74) is 1.05. The molecule has 0 saturated heterocycles. The highest BCUT2D eigenvalue weighted by Gasteiger charge is 2.07. The Labute approximate surface area is 99.4 Å². The Morgan fingerprint density at radius 2 is 2.00 bits per heavy atom. The minimum absolute atomic E-state index is 0.300. The van der Waals surface area contributed by atoms with Crippen LogP contribution in [0.1, 0.15) is 0 Å². The van der Waals surface area contributed by atoms with Gasteiger partial charge < -0.3 is 4.98 Å². The SMILES string of the molecule is O=c1[nH]c2cc(Cl)c(Cl)cc2c2ccnn12. The fraction of sp³-hybridized carbons (Fsp3) is 0. The maximum absolute atomic E-state index is 11.6. The first kappa shape index (κ1) is 9.69. The molecule has 6 heteroatoms. The van der Waals surface area contributed by atoms with E-state index in [1.54, 1.807) is 24.4 Å². The number of fused-ring (bicyclic) bond motifs is 3. The van der Waals surface area contributed by atoms with E-state index in [0.717, 1.165) is 5.39 Å². The number of nitrogens with zero attached hydrogens (tertiary/aromatic N) is 2. The predicted molar refractivity (Wildman–Crippen MR) is 63.3 cm³/mol. The molecule has 0 bridgehead atoms. The number of aromatic nitrogens is 3. The monoisotopic (exact) mass is 253 g/mol. The van der Waals surface area contributed by atoms with Crippen molar-refractivity contribution in [2.75, 3.05) is 0 Å². The normalized spacial score (nSPS) is 11.4. The van der Waals surface area contributed by atoms with E-state index in [-0.39, 0.29) is 5.69 Å². The second kappa shape index (κ2) is 3.23. The highest BCUT2D eigenvalue weighted by atomic mass is 35.5. The third-order valence-corrected chi connectivity index (χ3v) is 3.14. The number of H-pyrrole nitrogens is 1. The highest BCUT2D eigenvalue weighted by molar-refractivity contribution is 6.42. The van der Waals surface area contributed by atoms with Crippen molar-refractivity contribution in [1.29, 1.82) is 0 Å². The van der Waals surface area contributed by atoms with Gasteiger partial charge >= 0.3 is 5.69 Å². The highest BCUT2D eigenvalue weighted by Crippen LogP contribution is 2.28. The molecular weight excluding hydrogens is 249 g/mol. The van der Waals surface area contributed by atoms with E-state index in [0.29, 0.717) is 21.1 Å². The topological polar surface area (TPSA) is 50.2 Å². The van der Waals surface area contributed by atoms with Crippen molar-refractivity contribution in [1.82, 2.24) is 14.6 Å². The second-order valence-corrected chi connectivity index (χ2v) is 4.18. The quantitative estimate of drug-likeness (QED) is 0.670. The number of nitrogens with one attached hydrogen (secondary N) is 1. The first-order valence-electron chi connectivity index (χ1n) is 4.51. The van der Waals surface area contributed by atoms with E-state index in [4.69, 9.17) is 23.2 Å². The zero-order valence-corrected chi connectivity index (χ0v) is 9.38. The molecule has 4 nitrogen and oxygen atoms in total. The van der Waals surface area contributed by atoms with Gasteiger partial charge in [0.2, 0.25) is 0 Å². The van der Waals surface area contributed by atoms with E-state index in [9.17, 15) is 4.79 Å². The lowest BCUT2D eigenvalue weighted by atomic mass is 10.2. The number of hydrogen-bond acceptors (Lipinski definition) is 2. The Morgan fingerprint density at radius 3 is 2.81 bits per heavy atom. The summed E-state index contributed by atoms with van der Waals surface area (Å²) < 4.78 is 1.28. The minimum atomic E-state index is -0.300. The number of aromatic amines is 1. The van der Waals surface area contributed by atoms with Crippen molar-refractivity contribution in [2.45, 2.75) is 0 Å². The standard InChI is InChI=1S/C10H5Cl2N3O/c11-6-3-5-8(4-7(6)12)14-10(16)15-9(5)1-2-13-15/h1-4H,(H,14,16). The van der Waals surface area contributed by atoms with E-state index < -0.39 is 0 Å². The van der Waals surface area contributed by atoms with Crippen molar-refractivity contribution in [3.63, 3.8) is 0 Å². The van der Waals surface area contributed by atoms with Gasteiger partial charge in [-0.05, 0) is 18.2 Å². The summed E-state index contributed by atoms with van der Waals surface area (Å²) in [7, 11) is 0. The minimum Gasteiger partial charge on any atom is -0.305 e. The van der Waals surface area contributed by atoms with E-state index in [1.807, 2.05) is 0 Å². The molecule has 0 amide bonds. The van der Waals surface area contributed by atoms with E-state index in [1.165, 1.54) is 4.52 Å². The van der Waals surface area contributed by atoms with Crippen molar-refractivity contribution in [3.05, 3.63) is 44.9 Å². The number of benzene rings is 1. The van der Waals surface area contributed by atoms with Crippen LogP contribution >= 0.6 is 23.2 Å². The van der Waals surface area contributed by atoms with Crippen LogP contribution in [0.15, 0.2) is 29.2 Å². The maximum Gasteiger partial charge on any atom is 0.347 e. The van der Waals surface area contributed by atoms with Gasteiger partial charge in [-0.25, -0.2) is 4.79 Å². The summed E-state index contributed by atoms with van der Waals surface area (Å²) in [6.07, 6.45) is 1.56. The summed E-state index contributed by atoms with van der Waals surface area (Å²) >= 11 is 11.8. The summed E-state index contributed by atoms with van der Waals surface area (Å²) in [5, 5.41) is 5.59. The third-order valence-electron chi connectivity index (χ3n) is 2.41. The zero-order valence-electron chi connectivity index (χ0n) is 7.87. The van der Waals surface area contributed by atoms with Gasteiger partial charge in [-0.2, -0.15) is 9.61 Å². The average Bonchev–Trinajstić information content (AvgIpc) is 2.71. The molecular formula is C10H5Cl2N3O. The molecule has 0 aliphatic heterocycles. The van der Waals surface area contributed by atoms with Crippen molar-refractivity contribution < 1.29 is 0 Å². The molecule has 80 valence electrons. The van der Waals surface area contributed by atoms with Crippen LogP contribution in [0, 0.1) is 0 Å². The largest absolute Gasteiger partial charge is 0.347 e. The van der Waals surface area contributed by atoms with Gasteiger partial charge in [0.1, 0.15) is 0 Å². The molecule has 1 N–H and O–H groups in total. The Kier molecular flexibility index (Phi) is 1.96. The van der Waals surface area contributed by atoms with Crippen LogP contribution in [-0.2, 0) is 0 Å². The lowest BCUT2D eigenvalue weighted by Crippen LogP contribution is -2.17. The van der Waals surface area contributed by atoms with Crippen LogP contribution in [0.4, 0.5) is 0 Å². The molecule has 2 heterocycles. The molecule has 0 saturated carbocycles. The zero-order chi connectivity index (χ0) is 11.3. The number of halogens is 2. The van der Waals surface area contributed by atoms with Crippen LogP contribution in [0.3, 0.4) is 0 Å². The molecule has 16 heavy (non-hydrogen) atoms. The second-order valence-electron chi connectivity index (χ2n) is 3.37. The van der Waals surface area contributed by atoms with Gasteiger partial charge in [-0.15, -0.1) is 0 Å². The summed E-state index contributed by atoms with van der Waals surface area (Å²) in [6, 6.07) is 5.10. The van der Waals surface area contributed by atoms with Gasteiger partial charge in [-0.3, -0.25) is 0 Å². The van der Waals surface area contributed by atoms with Gasteiger partial charge in [0.25, 0.3) is 0 Å². The molecule has 3 aromatic rings. The van der Waals surface area contributed by atoms with Crippen LogP contribution in [0.5, 0.6) is 0 Å². The molecule has 0 spiro atoms. The van der Waals surface area contributed by atoms with Crippen LogP contribution < -0.4 is 5.69 Å². The molecule has 0 fully saturated rings. The Morgan fingerprint density at radius 1 is 1.25 bits per heavy atom. The molecule has 0 unspecified atom stereocenters. The molecule has 0 aliphatic carbocycles. The molecule has 0 atom stereocenters. The van der Waals surface area contributed by atoms with Crippen LogP contribution in [-0.4, -0.2) is 14.6 Å². The molecule has 2 aromatic heterocycles. The van der Waals surface area contributed by atoms with Gasteiger partial charge in [0.15, 0.2) is 0 Å². The maximum atomic E-state index is 11.6. The molecule has 3 rings (SSSR count). The van der Waals surface area contributed by atoms with Gasteiger partial charge in [0.05, 0.1) is 27.3 Å². The van der Waals surface area contributed by atoms with E-state index in [2.05, 4.69) is 10.1 Å². The average molecular weight is 254 g/mol. The lowest BCUT2D eigenvalue weighted by molar-refractivity contribution is 0.881. The van der Waals surface area contributed by atoms with Gasteiger partial charge in [0, 0.05) is 5.39 Å². The fourth-order valence-electron chi connectivity index (χ4n) is 1.70. The number of rotatable bonds is 0. The Balaban J connectivity index is 2.64. The summed E-state index contributed by atoms with van der Waals surface area (Å²) in [5.74, 6) is 0. The predicted octanol–water partition coefficient (Wildman–Crippen LogP) is 2.48. The molecule has 1 aromatic carbocycles. The van der Waals surface area contributed by atoms with Crippen LogP contribution in [0.2, 0.25) is 10.0 Å². The van der Waals surface area contributed by atoms with Crippen molar-refractivity contribution >= 4 is 39.6 Å². The molecule has 0 radical (unpaired) electrons. The first-order chi connectivity index (χ1) is 7.66. The smallest absolute Gasteiger partial charge is 0.305 e. The third kappa shape index (κ3) is 1.24. The Hall–Kier alpha value is -1.52. The van der Waals surface area contributed by atoms with Crippen molar-refractivity contribution in [3.8, 4) is 0 Å². The first-order valence-corrected chi connectivity index (χ1v) is 5.27.